The number of β-amino-alcohol motifs (C(OH)–C–C–N with tert-alkyl or cyclic N) is 1. The zero-order valence-electron chi connectivity index (χ0n) is 10.6. The van der Waals surface area contributed by atoms with Gasteiger partial charge in [-0.15, -0.1) is 0 Å². The predicted octanol–water partition coefficient (Wildman–Crippen LogP) is -0.152. The van der Waals surface area contributed by atoms with Gasteiger partial charge in [0.15, 0.2) is 0 Å². The average Bonchev–Trinajstić information content (AvgIpc) is 2.38. The number of hydrogen-bond acceptors (Lipinski definition) is 5. The Balaban J connectivity index is 2.01. The third-order valence-corrected chi connectivity index (χ3v) is 3.23. The van der Waals surface area contributed by atoms with Gasteiger partial charge in [-0.2, -0.15) is 0 Å². The number of amides is 1. The van der Waals surface area contributed by atoms with Gasteiger partial charge in [-0.3, -0.25) is 9.69 Å². The summed E-state index contributed by atoms with van der Waals surface area (Å²) in [6.45, 7) is 3.34. The summed E-state index contributed by atoms with van der Waals surface area (Å²) in [5.74, 6) is -0.445. The lowest BCUT2D eigenvalue weighted by atomic mass is 10.1. The third-order valence-electron chi connectivity index (χ3n) is 3.23. The number of piperazine rings is 1. The smallest absolute Gasteiger partial charge is 0.254 e. The number of phenolic OH excluding ortho intramolecular Hbond substituents is 2. The molecule has 6 heteroatoms. The zero-order chi connectivity index (χ0) is 13.8. The van der Waals surface area contributed by atoms with E-state index in [1.165, 1.54) is 18.2 Å². The number of carbonyl (C=O) groups excluding carboxylic acids is 1. The van der Waals surface area contributed by atoms with Crippen molar-refractivity contribution in [2.75, 3.05) is 39.3 Å². The highest BCUT2D eigenvalue weighted by Gasteiger charge is 2.22. The summed E-state index contributed by atoms with van der Waals surface area (Å²) in [5.41, 5.74) is 0.285. The summed E-state index contributed by atoms with van der Waals surface area (Å²) in [6.07, 6.45) is 0. The van der Waals surface area contributed by atoms with Gasteiger partial charge in [0.05, 0.1) is 6.61 Å². The molecule has 1 fully saturated rings. The quantitative estimate of drug-likeness (QED) is 0.708. The number of rotatable bonds is 3. The maximum absolute atomic E-state index is 12.2. The molecule has 1 amide bonds. The van der Waals surface area contributed by atoms with Gasteiger partial charge in [0, 0.05) is 44.4 Å². The van der Waals surface area contributed by atoms with E-state index in [1.54, 1.807) is 4.90 Å². The minimum atomic E-state index is -0.199. The Hall–Kier alpha value is -1.79. The van der Waals surface area contributed by atoms with Gasteiger partial charge in [-0.1, -0.05) is 0 Å². The predicted molar refractivity (Wildman–Crippen MR) is 69.2 cm³/mol. The number of aliphatic hydroxyl groups excluding tert-OH is 1. The average molecular weight is 266 g/mol. The van der Waals surface area contributed by atoms with Gasteiger partial charge in [0.2, 0.25) is 0 Å². The molecular weight excluding hydrogens is 248 g/mol. The first kappa shape index (κ1) is 13.6. The van der Waals surface area contributed by atoms with Crippen molar-refractivity contribution >= 4 is 5.91 Å². The van der Waals surface area contributed by atoms with Crippen LogP contribution >= 0.6 is 0 Å². The van der Waals surface area contributed by atoms with Crippen molar-refractivity contribution in [2.45, 2.75) is 0 Å². The van der Waals surface area contributed by atoms with E-state index in [0.29, 0.717) is 19.6 Å². The molecule has 1 saturated heterocycles. The highest BCUT2D eigenvalue weighted by atomic mass is 16.3. The van der Waals surface area contributed by atoms with Gasteiger partial charge < -0.3 is 20.2 Å². The largest absolute Gasteiger partial charge is 0.508 e. The fourth-order valence-electron chi connectivity index (χ4n) is 2.22. The molecule has 1 aromatic carbocycles. The molecule has 6 nitrogen and oxygen atoms in total. The third kappa shape index (κ3) is 3.36. The number of aliphatic hydroxyl groups is 1. The van der Waals surface area contributed by atoms with E-state index in [1.807, 2.05) is 0 Å². The molecule has 0 aromatic heterocycles. The van der Waals surface area contributed by atoms with Crippen molar-refractivity contribution in [1.29, 1.82) is 0 Å². The number of carbonyl (C=O) groups is 1. The molecule has 0 aliphatic carbocycles. The molecule has 1 heterocycles. The fourth-order valence-corrected chi connectivity index (χ4v) is 2.22. The SMILES string of the molecule is O=C(c1cc(O)cc(O)c1)N1CCN(CCO)CC1. The van der Waals surface area contributed by atoms with Crippen molar-refractivity contribution in [3.05, 3.63) is 23.8 Å². The second-order valence-electron chi connectivity index (χ2n) is 4.60. The van der Waals surface area contributed by atoms with Gasteiger partial charge in [-0.05, 0) is 12.1 Å². The van der Waals surface area contributed by atoms with Crippen molar-refractivity contribution in [3.8, 4) is 11.5 Å². The van der Waals surface area contributed by atoms with Crippen LogP contribution in [0.3, 0.4) is 0 Å². The molecule has 3 N–H and O–H groups in total. The van der Waals surface area contributed by atoms with E-state index in [2.05, 4.69) is 4.90 Å². The first-order chi connectivity index (χ1) is 9.10. The molecule has 1 aliphatic heterocycles. The summed E-state index contributed by atoms with van der Waals surface area (Å²) in [5, 5.41) is 27.6. The van der Waals surface area contributed by atoms with Gasteiger partial charge in [0.25, 0.3) is 5.91 Å². The van der Waals surface area contributed by atoms with Crippen LogP contribution in [0.5, 0.6) is 11.5 Å². The van der Waals surface area contributed by atoms with Gasteiger partial charge >= 0.3 is 0 Å². The van der Waals surface area contributed by atoms with Crippen molar-refractivity contribution < 1.29 is 20.1 Å². The molecular formula is C13H18N2O4. The molecule has 0 spiro atoms. The normalized spacial score (nSPS) is 16.6. The van der Waals surface area contributed by atoms with Crippen LogP contribution in [0.25, 0.3) is 0 Å². The molecule has 104 valence electrons. The topological polar surface area (TPSA) is 84.2 Å². The maximum Gasteiger partial charge on any atom is 0.254 e. The second-order valence-corrected chi connectivity index (χ2v) is 4.60. The zero-order valence-corrected chi connectivity index (χ0v) is 10.6. The van der Waals surface area contributed by atoms with E-state index in [0.717, 1.165) is 13.1 Å². The van der Waals surface area contributed by atoms with E-state index in [9.17, 15) is 15.0 Å². The van der Waals surface area contributed by atoms with Crippen LogP contribution in [0.15, 0.2) is 18.2 Å². The Morgan fingerprint density at radius 3 is 2.16 bits per heavy atom. The van der Waals surface area contributed by atoms with E-state index < -0.39 is 0 Å². The van der Waals surface area contributed by atoms with Crippen LogP contribution in [0, 0.1) is 0 Å². The summed E-state index contributed by atoms with van der Waals surface area (Å²) in [4.78, 5) is 16.0. The van der Waals surface area contributed by atoms with Gasteiger partial charge in [0.1, 0.15) is 11.5 Å². The van der Waals surface area contributed by atoms with Crippen LogP contribution in [-0.2, 0) is 0 Å². The first-order valence-corrected chi connectivity index (χ1v) is 6.25. The lowest BCUT2D eigenvalue weighted by Crippen LogP contribution is -2.49. The number of aromatic hydroxyl groups is 2. The van der Waals surface area contributed by atoms with Crippen molar-refractivity contribution in [3.63, 3.8) is 0 Å². The maximum atomic E-state index is 12.2. The molecule has 1 aliphatic rings. The monoisotopic (exact) mass is 266 g/mol. The number of hydrogen-bond donors (Lipinski definition) is 3. The van der Waals surface area contributed by atoms with Crippen molar-refractivity contribution in [1.82, 2.24) is 9.80 Å². The van der Waals surface area contributed by atoms with E-state index in [-0.39, 0.29) is 29.6 Å². The van der Waals surface area contributed by atoms with Crippen LogP contribution in [-0.4, -0.2) is 70.4 Å². The molecule has 0 radical (unpaired) electrons. The Morgan fingerprint density at radius 1 is 1.05 bits per heavy atom. The van der Waals surface area contributed by atoms with Crippen LogP contribution in [0.2, 0.25) is 0 Å². The molecule has 0 bridgehead atoms. The highest BCUT2D eigenvalue weighted by molar-refractivity contribution is 5.95. The summed E-state index contributed by atoms with van der Waals surface area (Å²) in [6, 6.07) is 3.89. The fraction of sp³-hybridized carbons (Fsp3) is 0.462. The summed E-state index contributed by atoms with van der Waals surface area (Å²) in [7, 11) is 0. The minimum absolute atomic E-state index is 0.119. The van der Waals surface area contributed by atoms with Gasteiger partial charge in [-0.25, -0.2) is 0 Å². The van der Waals surface area contributed by atoms with Crippen molar-refractivity contribution in [2.24, 2.45) is 0 Å². The summed E-state index contributed by atoms with van der Waals surface area (Å²) >= 11 is 0. The van der Waals surface area contributed by atoms with E-state index >= 15 is 0 Å². The van der Waals surface area contributed by atoms with Crippen LogP contribution in [0.4, 0.5) is 0 Å². The molecule has 0 unspecified atom stereocenters. The number of phenols is 2. The standard InChI is InChI=1S/C13H18N2O4/c16-6-5-14-1-3-15(4-2-14)13(19)10-7-11(17)9-12(18)8-10/h7-9,16-18H,1-6H2. The van der Waals surface area contributed by atoms with E-state index in [4.69, 9.17) is 5.11 Å². The Kier molecular flexibility index (Phi) is 4.24. The lowest BCUT2D eigenvalue weighted by molar-refractivity contribution is 0.0614. The van der Waals surface area contributed by atoms with Crippen LogP contribution < -0.4 is 0 Å². The first-order valence-electron chi connectivity index (χ1n) is 6.25. The highest BCUT2D eigenvalue weighted by Crippen LogP contribution is 2.21. The molecule has 0 atom stereocenters. The lowest BCUT2D eigenvalue weighted by Gasteiger charge is -2.34. The Morgan fingerprint density at radius 2 is 1.63 bits per heavy atom. The molecule has 2 rings (SSSR count). The Bertz CT molecular complexity index is 436. The molecule has 19 heavy (non-hydrogen) atoms. The number of nitrogens with zero attached hydrogens (tertiary/aromatic N) is 2. The second kappa shape index (κ2) is 5.90. The summed E-state index contributed by atoms with van der Waals surface area (Å²) < 4.78 is 0. The molecule has 0 saturated carbocycles. The number of benzene rings is 1. The minimum Gasteiger partial charge on any atom is -0.508 e. The Labute approximate surface area is 111 Å². The van der Waals surface area contributed by atoms with Crippen LogP contribution in [0.1, 0.15) is 10.4 Å². The molecule has 1 aromatic rings.